The third-order valence-corrected chi connectivity index (χ3v) is 4.22. The summed E-state index contributed by atoms with van der Waals surface area (Å²) in [6, 6.07) is 6.26. The van der Waals surface area contributed by atoms with E-state index in [1.165, 1.54) is 57.1 Å². The summed E-state index contributed by atoms with van der Waals surface area (Å²) >= 11 is 2.04. The third kappa shape index (κ3) is 8.57. The molecule has 0 bridgehead atoms. The molecule has 0 fully saturated rings. The molecule has 1 rings (SSSR count). The van der Waals surface area contributed by atoms with Gasteiger partial charge in [0.1, 0.15) is 0 Å². The van der Waals surface area contributed by atoms with Gasteiger partial charge in [-0.15, -0.1) is 0 Å². The van der Waals surface area contributed by atoms with Crippen LogP contribution in [0, 0.1) is 0 Å². The van der Waals surface area contributed by atoms with E-state index in [0.29, 0.717) is 0 Å². The van der Waals surface area contributed by atoms with E-state index in [2.05, 4.69) is 42.1 Å². The van der Waals surface area contributed by atoms with Crippen molar-refractivity contribution in [3.63, 3.8) is 0 Å². The van der Waals surface area contributed by atoms with Gasteiger partial charge in [0.25, 0.3) is 0 Å². The number of hydrogen-bond acceptors (Lipinski definition) is 1. The lowest BCUT2D eigenvalue weighted by molar-refractivity contribution is -0.675. The van der Waals surface area contributed by atoms with Gasteiger partial charge in [-0.3, -0.25) is 0 Å². The van der Waals surface area contributed by atoms with Crippen molar-refractivity contribution in [1.82, 2.24) is 0 Å². The Balaban J connectivity index is 1.82. The molecular weight excluding hydrogens is 238 g/mol. The predicted molar refractivity (Wildman–Crippen MR) is 81.7 cm³/mol. The number of pyridine rings is 1. The average Bonchev–Trinajstić information content (AvgIpc) is 2.42. The van der Waals surface area contributed by atoms with Gasteiger partial charge in [-0.25, -0.2) is 0 Å². The van der Waals surface area contributed by atoms with Crippen LogP contribution >= 0.6 is 11.8 Å². The first-order chi connectivity index (χ1) is 8.93. The summed E-state index contributed by atoms with van der Waals surface area (Å²) in [6.45, 7) is 2.28. The molecule has 0 aliphatic carbocycles. The van der Waals surface area contributed by atoms with Gasteiger partial charge in [0.15, 0.2) is 18.3 Å². The highest BCUT2D eigenvalue weighted by Gasteiger charge is 1.97. The normalized spacial score (nSPS) is 10.7. The maximum atomic E-state index is 2.28. The molecule has 1 heterocycles. The van der Waals surface area contributed by atoms with E-state index < -0.39 is 0 Å². The second-order valence-corrected chi connectivity index (χ2v) is 5.98. The molecule has 0 atom stereocenters. The highest BCUT2D eigenvalue weighted by molar-refractivity contribution is 7.98. The molecule has 0 N–H and O–H groups in total. The van der Waals surface area contributed by atoms with Crippen LogP contribution in [-0.2, 0) is 5.88 Å². The number of hydrogen-bond donors (Lipinski definition) is 0. The molecule has 1 nitrogen and oxygen atoms in total. The molecule has 0 unspecified atom stereocenters. The number of unbranched alkanes of at least 4 members (excludes halogenated alkanes) is 7. The predicted octanol–water partition coefficient (Wildman–Crippen LogP) is 4.81. The molecule has 0 radical (unpaired) electrons. The summed E-state index contributed by atoms with van der Waals surface area (Å²) in [5.74, 6) is 2.40. The summed E-state index contributed by atoms with van der Waals surface area (Å²) in [4.78, 5) is 0. The lowest BCUT2D eigenvalue weighted by Crippen LogP contribution is -2.30. The summed E-state index contributed by atoms with van der Waals surface area (Å²) in [7, 11) is 0. The summed E-state index contributed by atoms with van der Waals surface area (Å²) in [5.41, 5.74) is 0. The zero-order chi connectivity index (χ0) is 12.9. The van der Waals surface area contributed by atoms with Crippen molar-refractivity contribution in [3.05, 3.63) is 30.6 Å². The Kier molecular flexibility index (Phi) is 10.0. The van der Waals surface area contributed by atoms with Crippen LogP contribution in [0.15, 0.2) is 30.6 Å². The van der Waals surface area contributed by atoms with Crippen LogP contribution in [0.2, 0.25) is 0 Å². The van der Waals surface area contributed by atoms with Crippen LogP contribution in [0.1, 0.15) is 58.3 Å². The maximum Gasteiger partial charge on any atom is 0.194 e. The highest BCUT2D eigenvalue weighted by atomic mass is 32.2. The molecule has 18 heavy (non-hydrogen) atoms. The van der Waals surface area contributed by atoms with Crippen molar-refractivity contribution in [2.24, 2.45) is 0 Å². The van der Waals surface area contributed by atoms with Gasteiger partial charge in [0.2, 0.25) is 0 Å². The van der Waals surface area contributed by atoms with Crippen molar-refractivity contribution in [2.45, 2.75) is 64.2 Å². The van der Waals surface area contributed by atoms with Crippen molar-refractivity contribution >= 4 is 11.8 Å². The summed E-state index contributed by atoms with van der Waals surface area (Å²) < 4.78 is 2.25. The minimum Gasteiger partial charge on any atom is -0.195 e. The topological polar surface area (TPSA) is 3.88 Å². The SMILES string of the molecule is CCCCCCCCCCSC[n+]1ccccc1. The first-order valence-corrected chi connectivity index (χ1v) is 8.61. The Morgan fingerprint density at radius 2 is 1.39 bits per heavy atom. The second kappa shape index (κ2) is 11.6. The third-order valence-electron chi connectivity index (χ3n) is 3.16. The average molecular weight is 266 g/mol. The first-order valence-electron chi connectivity index (χ1n) is 7.45. The molecule has 2 heteroatoms. The second-order valence-electron chi connectivity index (χ2n) is 4.90. The summed E-state index contributed by atoms with van der Waals surface area (Å²) in [6.07, 6.45) is 15.6. The van der Waals surface area contributed by atoms with Gasteiger partial charge in [-0.1, -0.05) is 69.7 Å². The number of aromatic nitrogens is 1. The number of nitrogens with zero attached hydrogens (tertiary/aromatic N) is 1. The smallest absolute Gasteiger partial charge is 0.194 e. The van der Waals surface area contributed by atoms with Gasteiger partial charge in [-0.2, -0.15) is 4.57 Å². The quantitative estimate of drug-likeness (QED) is 0.411. The molecular formula is C16H28NS+. The molecule has 1 aromatic rings. The Hall–Kier alpha value is -0.500. The number of thioether (sulfide) groups is 1. The lowest BCUT2D eigenvalue weighted by Gasteiger charge is -2.01. The van der Waals surface area contributed by atoms with E-state index in [-0.39, 0.29) is 0 Å². The van der Waals surface area contributed by atoms with Gasteiger partial charge in [0, 0.05) is 12.1 Å². The van der Waals surface area contributed by atoms with E-state index in [9.17, 15) is 0 Å². The fourth-order valence-corrected chi connectivity index (χ4v) is 2.95. The molecule has 102 valence electrons. The van der Waals surface area contributed by atoms with Gasteiger partial charge in [-0.05, 0) is 12.2 Å². The summed E-state index contributed by atoms with van der Waals surface area (Å²) in [5, 5.41) is 0. The van der Waals surface area contributed by atoms with E-state index >= 15 is 0 Å². The minimum atomic E-state index is 1.09. The zero-order valence-corrected chi connectivity index (χ0v) is 12.6. The molecule has 0 saturated carbocycles. The maximum absolute atomic E-state index is 2.28. The van der Waals surface area contributed by atoms with Crippen LogP contribution in [0.5, 0.6) is 0 Å². The minimum absolute atomic E-state index is 1.09. The molecule has 0 aromatic carbocycles. The highest BCUT2D eigenvalue weighted by Crippen LogP contribution is 2.11. The number of rotatable bonds is 11. The van der Waals surface area contributed by atoms with Gasteiger partial charge >= 0.3 is 0 Å². The molecule has 0 aliphatic rings. The van der Waals surface area contributed by atoms with Crippen molar-refractivity contribution in [2.75, 3.05) is 5.75 Å². The van der Waals surface area contributed by atoms with Crippen LogP contribution < -0.4 is 4.57 Å². The van der Waals surface area contributed by atoms with E-state index in [1.54, 1.807) is 0 Å². The Morgan fingerprint density at radius 1 is 0.778 bits per heavy atom. The molecule has 0 saturated heterocycles. The van der Waals surface area contributed by atoms with Crippen LogP contribution in [0.4, 0.5) is 0 Å². The largest absolute Gasteiger partial charge is 0.195 e. The van der Waals surface area contributed by atoms with Crippen molar-refractivity contribution in [3.8, 4) is 0 Å². The lowest BCUT2D eigenvalue weighted by atomic mass is 10.1. The fourth-order valence-electron chi connectivity index (χ4n) is 2.03. The Morgan fingerprint density at radius 3 is 2.06 bits per heavy atom. The standard InChI is InChI=1S/C16H28NS/c1-2-3-4-5-6-7-8-12-15-18-16-17-13-10-9-11-14-17/h9-11,13-14H,2-8,12,15-16H2,1H3/q+1. The Labute approximate surface area is 117 Å². The van der Waals surface area contributed by atoms with Crippen molar-refractivity contribution < 1.29 is 4.57 Å². The zero-order valence-electron chi connectivity index (χ0n) is 11.8. The Bertz CT molecular complexity index is 274. The monoisotopic (exact) mass is 266 g/mol. The van der Waals surface area contributed by atoms with Gasteiger partial charge in [0.05, 0.1) is 0 Å². The van der Waals surface area contributed by atoms with Crippen LogP contribution in [0.3, 0.4) is 0 Å². The molecule has 0 amide bonds. The molecule has 0 spiro atoms. The van der Waals surface area contributed by atoms with E-state index in [4.69, 9.17) is 0 Å². The van der Waals surface area contributed by atoms with E-state index in [1.807, 2.05) is 11.8 Å². The van der Waals surface area contributed by atoms with Crippen LogP contribution in [0.25, 0.3) is 0 Å². The molecule has 0 aliphatic heterocycles. The first kappa shape index (κ1) is 15.6. The van der Waals surface area contributed by atoms with Gasteiger partial charge < -0.3 is 0 Å². The van der Waals surface area contributed by atoms with E-state index in [0.717, 1.165) is 5.88 Å². The van der Waals surface area contributed by atoms with Crippen molar-refractivity contribution in [1.29, 1.82) is 0 Å². The molecule has 1 aromatic heterocycles. The fraction of sp³-hybridized carbons (Fsp3) is 0.688. The van der Waals surface area contributed by atoms with Crippen LogP contribution in [-0.4, -0.2) is 5.75 Å².